The van der Waals surface area contributed by atoms with E-state index < -0.39 is 0 Å². The second-order valence-electron chi connectivity index (χ2n) is 10.4. The van der Waals surface area contributed by atoms with E-state index >= 15 is 0 Å². The normalized spacial score (nSPS) is 11.2. The van der Waals surface area contributed by atoms with Gasteiger partial charge in [0.1, 0.15) is 45.7 Å². The molecule has 0 saturated heterocycles. The van der Waals surface area contributed by atoms with Crippen molar-refractivity contribution in [2.24, 2.45) is 0 Å². The van der Waals surface area contributed by atoms with Gasteiger partial charge in [-0.2, -0.15) is 0 Å². The van der Waals surface area contributed by atoms with Crippen LogP contribution in [-0.2, 0) is 0 Å². The Balaban J connectivity index is 1.51. The van der Waals surface area contributed by atoms with Crippen LogP contribution < -0.4 is 18.9 Å². The second kappa shape index (κ2) is 11.2. The molecule has 44 heavy (non-hydrogen) atoms. The van der Waals surface area contributed by atoms with Crippen molar-refractivity contribution in [2.45, 2.75) is 0 Å². The average molecular weight is 583 g/mol. The van der Waals surface area contributed by atoms with Crippen molar-refractivity contribution in [1.29, 1.82) is 0 Å². The van der Waals surface area contributed by atoms with Gasteiger partial charge < -0.3 is 27.8 Å². The smallest absolute Gasteiger partial charge is 0.143 e. The Hall–Kier alpha value is -5.62. The Morgan fingerprint density at radius 3 is 0.955 bits per heavy atom. The summed E-state index contributed by atoms with van der Waals surface area (Å²) in [6.45, 7) is 0. The first-order valence-electron chi connectivity index (χ1n) is 14.2. The van der Waals surface area contributed by atoms with E-state index in [-0.39, 0.29) is 0 Å². The van der Waals surface area contributed by atoms with Crippen molar-refractivity contribution in [1.82, 2.24) is 0 Å². The molecule has 0 bridgehead atoms. The zero-order valence-corrected chi connectivity index (χ0v) is 24.8. The molecule has 7 rings (SSSR count). The quantitative estimate of drug-likeness (QED) is 0.178. The molecule has 0 amide bonds. The third kappa shape index (κ3) is 4.71. The molecule has 0 aliphatic rings. The monoisotopic (exact) mass is 582 g/mol. The Labute approximate surface area is 255 Å². The van der Waals surface area contributed by atoms with Gasteiger partial charge in [0, 0.05) is 39.1 Å². The minimum Gasteiger partial charge on any atom is -0.497 e. The third-order valence-electron chi connectivity index (χ3n) is 7.96. The summed E-state index contributed by atoms with van der Waals surface area (Å²) in [5.41, 5.74) is 7.35. The molecule has 0 atom stereocenters. The van der Waals surface area contributed by atoms with Crippen LogP contribution in [0.3, 0.4) is 0 Å². The Morgan fingerprint density at radius 1 is 0.364 bits per heavy atom. The van der Waals surface area contributed by atoms with Crippen LogP contribution in [0.5, 0.6) is 23.0 Å². The fourth-order valence-corrected chi connectivity index (χ4v) is 5.67. The van der Waals surface area contributed by atoms with Gasteiger partial charge in [-0.25, -0.2) is 0 Å². The van der Waals surface area contributed by atoms with Gasteiger partial charge in [0.25, 0.3) is 0 Å². The maximum Gasteiger partial charge on any atom is 0.143 e. The fourth-order valence-electron chi connectivity index (χ4n) is 5.67. The van der Waals surface area contributed by atoms with E-state index in [9.17, 15) is 0 Å². The van der Waals surface area contributed by atoms with Crippen LogP contribution >= 0.6 is 0 Å². The molecule has 0 aliphatic carbocycles. The molecule has 0 spiro atoms. The predicted molar refractivity (Wildman–Crippen MR) is 174 cm³/mol. The zero-order valence-electron chi connectivity index (χ0n) is 24.8. The number of furan rings is 2. The lowest BCUT2D eigenvalue weighted by Crippen LogP contribution is -1.86. The summed E-state index contributed by atoms with van der Waals surface area (Å²) in [5.74, 6) is 4.67. The van der Waals surface area contributed by atoms with Crippen LogP contribution in [0.4, 0.5) is 0 Å². The molecule has 0 aliphatic heterocycles. The van der Waals surface area contributed by atoms with Crippen molar-refractivity contribution >= 4 is 21.9 Å². The standard InChI is InChI=1S/C38H30O6/c1-39-27-13-5-23(6-14-27)35-31-21-32-34(22-33(31)43-37(35)25-9-17-29(41-3)18-10-25)44-38(26-11-19-30(42-4)20-12-26)36(32)24-7-15-28(40-2)16-8-24/h5-22H,1-4H3. The SMILES string of the molecule is COc1ccc(-c2oc3cc4oc(-c5ccc(OC)cc5)c(-c5ccc(OC)cc5)c4cc3c2-c2ccc(OC)cc2)cc1. The molecule has 2 aromatic heterocycles. The molecule has 0 N–H and O–H groups in total. The summed E-state index contributed by atoms with van der Waals surface area (Å²) in [6.07, 6.45) is 0. The molecule has 0 fully saturated rings. The molecule has 5 aromatic carbocycles. The van der Waals surface area contributed by atoms with Crippen LogP contribution in [0.2, 0.25) is 0 Å². The number of rotatable bonds is 8. The van der Waals surface area contributed by atoms with Gasteiger partial charge in [-0.1, -0.05) is 24.3 Å². The zero-order chi connectivity index (χ0) is 30.2. The highest BCUT2D eigenvalue weighted by atomic mass is 16.5. The van der Waals surface area contributed by atoms with E-state index in [2.05, 4.69) is 30.3 Å². The molecule has 0 radical (unpaired) electrons. The van der Waals surface area contributed by atoms with Crippen LogP contribution in [-0.4, -0.2) is 28.4 Å². The van der Waals surface area contributed by atoms with Crippen LogP contribution in [0.1, 0.15) is 0 Å². The Kier molecular flexibility index (Phi) is 6.95. The highest BCUT2D eigenvalue weighted by Gasteiger charge is 2.24. The summed E-state index contributed by atoms with van der Waals surface area (Å²) in [4.78, 5) is 0. The van der Waals surface area contributed by atoms with E-state index in [1.807, 2.05) is 78.9 Å². The van der Waals surface area contributed by atoms with Gasteiger partial charge in [-0.15, -0.1) is 0 Å². The molecule has 6 heteroatoms. The van der Waals surface area contributed by atoms with E-state index in [1.54, 1.807) is 28.4 Å². The lowest BCUT2D eigenvalue weighted by Gasteiger charge is -2.07. The molecule has 0 unspecified atom stereocenters. The topological polar surface area (TPSA) is 63.2 Å². The first-order valence-corrected chi connectivity index (χ1v) is 14.2. The van der Waals surface area contributed by atoms with Gasteiger partial charge in [0.15, 0.2) is 0 Å². The highest BCUT2D eigenvalue weighted by molar-refractivity contribution is 6.11. The first kappa shape index (κ1) is 27.2. The summed E-state index contributed by atoms with van der Waals surface area (Å²) >= 11 is 0. The fraction of sp³-hybridized carbons (Fsp3) is 0.105. The second-order valence-corrected chi connectivity index (χ2v) is 10.4. The lowest BCUT2D eigenvalue weighted by molar-refractivity contribution is 0.414. The van der Waals surface area contributed by atoms with Crippen molar-refractivity contribution < 1.29 is 27.8 Å². The Bertz CT molecular complexity index is 1920. The average Bonchev–Trinajstić information content (AvgIpc) is 3.65. The van der Waals surface area contributed by atoms with Gasteiger partial charge in [-0.3, -0.25) is 0 Å². The van der Waals surface area contributed by atoms with Crippen molar-refractivity contribution in [3.63, 3.8) is 0 Å². The minimum atomic E-state index is 0.727. The third-order valence-corrected chi connectivity index (χ3v) is 7.96. The van der Waals surface area contributed by atoms with Gasteiger partial charge >= 0.3 is 0 Å². The number of hydrogen-bond acceptors (Lipinski definition) is 6. The van der Waals surface area contributed by atoms with Crippen molar-refractivity contribution in [3.05, 3.63) is 109 Å². The molecule has 6 nitrogen and oxygen atoms in total. The molecule has 0 saturated carbocycles. The van der Waals surface area contributed by atoms with Crippen LogP contribution in [0.25, 0.3) is 66.8 Å². The van der Waals surface area contributed by atoms with E-state index in [4.69, 9.17) is 27.8 Å². The van der Waals surface area contributed by atoms with Gasteiger partial charge in [0.2, 0.25) is 0 Å². The number of fused-ring (bicyclic) bond motifs is 2. The number of methoxy groups -OCH3 is 4. The molecular weight excluding hydrogens is 552 g/mol. The van der Waals surface area contributed by atoms with Crippen molar-refractivity contribution in [2.75, 3.05) is 28.4 Å². The number of hydrogen-bond donors (Lipinski definition) is 0. The maximum absolute atomic E-state index is 6.63. The summed E-state index contributed by atoms with van der Waals surface area (Å²) in [7, 11) is 6.66. The summed E-state index contributed by atoms with van der Waals surface area (Å²) < 4.78 is 35.0. The first-order chi connectivity index (χ1) is 21.6. The maximum atomic E-state index is 6.63. The van der Waals surface area contributed by atoms with Crippen LogP contribution in [0, 0.1) is 0 Å². The van der Waals surface area contributed by atoms with E-state index in [0.29, 0.717) is 0 Å². The van der Waals surface area contributed by atoms with E-state index in [0.717, 1.165) is 89.8 Å². The predicted octanol–water partition coefficient (Wildman–Crippen LogP) is 9.88. The Morgan fingerprint density at radius 2 is 0.659 bits per heavy atom. The van der Waals surface area contributed by atoms with Crippen molar-refractivity contribution in [3.8, 4) is 67.9 Å². The number of benzene rings is 5. The molecule has 7 aromatic rings. The summed E-state index contributed by atoms with van der Waals surface area (Å²) in [5, 5.41) is 1.95. The molecular formula is C38H30O6. The van der Waals surface area contributed by atoms with Gasteiger partial charge in [-0.05, 0) is 90.0 Å². The number of ether oxygens (including phenoxy) is 4. The summed E-state index contributed by atoms with van der Waals surface area (Å²) in [6, 6.07) is 36.1. The van der Waals surface area contributed by atoms with Crippen LogP contribution in [0.15, 0.2) is 118 Å². The minimum absolute atomic E-state index is 0.727. The highest BCUT2D eigenvalue weighted by Crippen LogP contribution is 2.47. The largest absolute Gasteiger partial charge is 0.497 e. The molecule has 218 valence electrons. The van der Waals surface area contributed by atoms with E-state index in [1.165, 1.54) is 0 Å². The lowest BCUT2D eigenvalue weighted by atomic mass is 9.95. The van der Waals surface area contributed by atoms with Gasteiger partial charge in [0.05, 0.1) is 28.4 Å². The molecule has 2 heterocycles.